The van der Waals surface area contributed by atoms with Crippen LogP contribution in [-0.2, 0) is 9.59 Å². The Kier molecular flexibility index (Phi) is 2.93. The lowest BCUT2D eigenvalue weighted by Gasteiger charge is -2.16. The third kappa shape index (κ3) is 2.19. The molecule has 1 aromatic carbocycles. The molecule has 1 heterocycles. The number of nitrogens with two attached hydrogens (primary N) is 1. The SMILES string of the molecule is NC(=O)C1CC(=O)N(c2ccc(O)c(Cl)c2)C1. The highest BCUT2D eigenvalue weighted by Gasteiger charge is 2.34. The Balaban J connectivity index is 2.26. The number of amides is 2. The fraction of sp³-hybridized carbons (Fsp3) is 0.273. The van der Waals surface area contributed by atoms with Gasteiger partial charge in [-0.15, -0.1) is 0 Å². The molecule has 3 N–H and O–H groups in total. The van der Waals surface area contributed by atoms with Crippen molar-refractivity contribution < 1.29 is 14.7 Å². The Morgan fingerprint density at radius 3 is 2.76 bits per heavy atom. The van der Waals surface area contributed by atoms with Crippen LogP contribution >= 0.6 is 11.6 Å². The summed E-state index contributed by atoms with van der Waals surface area (Å²) in [4.78, 5) is 24.2. The van der Waals surface area contributed by atoms with E-state index in [4.69, 9.17) is 17.3 Å². The van der Waals surface area contributed by atoms with E-state index in [1.54, 1.807) is 6.07 Å². The standard InChI is InChI=1S/C11H11ClN2O3/c12-8-4-7(1-2-9(8)15)14-5-6(11(13)17)3-10(14)16/h1-2,4,6,15H,3,5H2,(H2,13,17). The predicted octanol–water partition coefficient (Wildman–Crippen LogP) is 0.884. The molecule has 2 amide bonds. The van der Waals surface area contributed by atoms with Crippen LogP contribution in [0.15, 0.2) is 18.2 Å². The number of nitrogens with zero attached hydrogens (tertiary/aromatic N) is 1. The van der Waals surface area contributed by atoms with Crippen molar-refractivity contribution in [3.63, 3.8) is 0 Å². The molecule has 0 radical (unpaired) electrons. The molecular formula is C11H11ClN2O3. The summed E-state index contributed by atoms with van der Waals surface area (Å²) in [6.07, 6.45) is 0.119. The summed E-state index contributed by atoms with van der Waals surface area (Å²) in [5.74, 6) is -1.16. The van der Waals surface area contributed by atoms with Gasteiger partial charge in [-0.25, -0.2) is 0 Å². The zero-order valence-corrected chi connectivity index (χ0v) is 9.65. The number of phenols is 1. The molecule has 90 valence electrons. The van der Waals surface area contributed by atoms with Crippen molar-refractivity contribution in [3.05, 3.63) is 23.2 Å². The number of carbonyl (C=O) groups excluding carboxylic acids is 2. The normalized spacial score (nSPS) is 19.7. The molecule has 1 fully saturated rings. The number of anilines is 1. The minimum atomic E-state index is -0.481. The fourth-order valence-corrected chi connectivity index (χ4v) is 1.99. The van der Waals surface area contributed by atoms with Gasteiger partial charge in [0.05, 0.1) is 10.9 Å². The molecule has 0 aromatic heterocycles. The van der Waals surface area contributed by atoms with Gasteiger partial charge in [-0.2, -0.15) is 0 Å². The van der Waals surface area contributed by atoms with E-state index in [0.717, 1.165) is 0 Å². The fourth-order valence-electron chi connectivity index (χ4n) is 1.81. The summed E-state index contributed by atoms with van der Waals surface area (Å²) >= 11 is 5.76. The van der Waals surface area contributed by atoms with Crippen LogP contribution in [0, 0.1) is 5.92 Å². The molecule has 6 heteroatoms. The summed E-state index contributed by atoms with van der Waals surface area (Å²) in [6.45, 7) is 0.259. The van der Waals surface area contributed by atoms with Crippen molar-refractivity contribution >= 4 is 29.1 Å². The minimum Gasteiger partial charge on any atom is -0.506 e. The first kappa shape index (κ1) is 11.7. The lowest BCUT2D eigenvalue weighted by Crippen LogP contribution is -2.28. The van der Waals surface area contributed by atoms with Gasteiger partial charge in [-0.3, -0.25) is 9.59 Å². The van der Waals surface area contributed by atoms with E-state index in [1.807, 2.05) is 0 Å². The van der Waals surface area contributed by atoms with Crippen molar-refractivity contribution in [2.45, 2.75) is 6.42 Å². The second-order valence-corrected chi connectivity index (χ2v) is 4.35. The van der Waals surface area contributed by atoms with E-state index < -0.39 is 11.8 Å². The van der Waals surface area contributed by atoms with Crippen LogP contribution < -0.4 is 10.6 Å². The summed E-state index contributed by atoms with van der Waals surface area (Å²) in [5, 5.41) is 9.45. The van der Waals surface area contributed by atoms with Crippen LogP contribution in [0.5, 0.6) is 5.75 Å². The second kappa shape index (κ2) is 4.25. The number of rotatable bonds is 2. The molecule has 0 saturated carbocycles. The first-order chi connectivity index (χ1) is 7.99. The molecule has 2 rings (SSSR count). The van der Waals surface area contributed by atoms with Gasteiger partial charge in [0.2, 0.25) is 11.8 Å². The van der Waals surface area contributed by atoms with E-state index >= 15 is 0 Å². The Labute approximate surface area is 103 Å². The second-order valence-electron chi connectivity index (χ2n) is 3.94. The molecule has 0 aliphatic carbocycles. The van der Waals surface area contributed by atoms with E-state index in [9.17, 15) is 14.7 Å². The lowest BCUT2D eigenvalue weighted by atomic mass is 10.1. The van der Waals surface area contributed by atoms with Gasteiger partial charge in [0, 0.05) is 18.7 Å². The first-order valence-corrected chi connectivity index (χ1v) is 5.45. The minimum absolute atomic E-state index is 0.0477. The average Bonchev–Trinajstić information content (AvgIpc) is 2.65. The topological polar surface area (TPSA) is 83.6 Å². The zero-order chi connectivity index (χ0) is 12.6. The van der Waals surface area contributed by atoms with E-state index in [2.05, 4.69) is 0 Å². The quantitative estimate of drug-likeness (QED) is 0.822. The number of benzene rings is 1. The highest BCUT2D eigenvalue weighted by molar-refractivity contribution is 6.32. The molecular weight excluding hydrogens is 244 g/mol. The number of hydrogen-bond donors (Lipinski definition) is 2. The van der Waals surface area contributed by atoms with Gasteiger partial charge in [-0.05, 0) is 18.2 Å². The maximum absolute atomic E-state index is 11.7. The van der Waals surface area contributed by atoms with Crippen molar-refractivity contribution in [2.75, 3.05) is 11.4 Å². The maximum Gasteiger partial charge on any atom is 0.227 e. The molecule has 1 aliphatic heterocycles. The van der Waals surface area contributed by atoms with Crippen LogP contribution in [-0.4, -0.2) is 23.5 Å². The predicted molar refractivity (Wildman–Crippen MR) is 62.8 cm³/mol. The molecule has 0 bridgehead atoms. The number of phenolic OH excluding ortho intramolecular Hbond substituents is 1. The van der Waals surface area contributed by atoms with Crippen molar-refractivity contribution in [3.8, 4) is 5.75 Å². The third-order valence-electron chi connectivity index (χ3n) is 2.77. The van der Waals surface area contributed by atoms with Gasteiger partial charge in [-0.1, -0.05) is 11.6 Å². The largest absolute Gasteiger partial charge is 0.506 e. The molecule has 1 aliphatic rings. The van der Waals surface area contributed by atoms with E-state index in [0.29, 0.717) is 5.69 Å². The van der Waals surface area contributed by atoms with E-state index in [1.165, 1.54) is 17.0 Å². The molecule has 1 unspecified atom stereocenters. The van der Waals surface area contributed by atoms with Gasteiger partial charge in [0.15, 0.2) is 0 Å². The Morgan fingerprint density at radius 2 is 2.24 bits per heavy atom. The third-order valence-corrected chi connectivity index (χ3v) is 3.07. The Hall–Kier alpha value is -1.75. The summed E-state index contributed by atoms with van der Waals surface area (Å²) in [7, 11) is 0. The molecule has 1 aromatic rings. The number of carbonyl (C=O) groups is 2. The first-order valence-electron chi connectivity index (χ1n) is 5.07. The van der Waals surface area contributed by atoms with Crippen molar-refractivity contribution in [1.29, 1.82) is 0 Å². The molecule has 5 nitrogen and oxygen atoms in total. The summed E-state index contributed by atoms with van der Waals surface area (Å²) < 4.78 is 0. The van der Waals surface area contributed by atoms with Gasteiger partial charge < -0.3 is 15.7 Å². The summed E-state index contributed by atoms with van der Waals surface area (Å²) in [5.41, 5.74) is 5.73. The van der Waals surface area contributed by atoms with Crippen LogP contribution in [0.3, 0.4) is 0 Å². The monoisotopic (exact) mass is 254 g/mol. The van der Waals surface area contributed by atoms with Crippen molar-refractivity contribution in [1.82, 2.24) is 0 Å². The number of primary amides is 1. The van der Waals surface area contributed by atoms with Gasteiger partial charge >= 0.3 is 0 Å². The molecule has 1 saturated heterocycles. The number of halogens is 1. The van der Waals surface area contributed by atoms with Crippen molar-refractivity contribution in [2.24, 2.45) is 11.7 Å². The van der Waals surface area contributed by atoms with Crippen LogP contribution in [0.25, 0.3) is 0 Å². The highest BCUT2D eigenvalue weighted by Crippen LogP contribution is 2.31. The zero-order valence-electron chi connectivity index (χ0n) is 8.89. The number of hydrogen-bond acceptors (Lipinski definition) is 3. The van der Waals surface area contributed by atoms with Crippen LogP contribution in [0.2, 0.25) is 5.02 Å². The molecule has 1 atom stereocenters. The molecule has 17 heavy (non-hydrogen) atoms. The van der Waals surface area contributed by atoms with Gasteiger partial charge in [0.25, 0.3) is 0 Å². The van der Waals surface area contributed by atoms with E-state index in [-0.39, 0.29) is 29.6 Å². The highest BCUT2D eigenvalue weighted by atomic mass is 35.5. The van der Waals surface area contributed by atoms with Crippen LogP contribution in [0.4, 0.5) is 5.69 Å². The molecule has 0 spiro atoms. The lowest BCUT2D eigenvalue weighted by molar-refractivity contribution is -0.123. The van der Waals surface area contributed by atoms with Gasteiger partial charge in [0.1, 0.15) is 5.75 Å². The smallest absolute Gasteiger partial charge is 0.227 e. The maximum atomic E-state index is 11.7. The average molecular weight is 255 g/mol. The summed E-state index contributed by atoms with van der Waals surface area (Å²) in [6, 6.07) is 4.46. The Morgan fingerprint density at radius 1 is 1.53 bits per heavy atom. The van der Waals surface area contributed by atoms with Crippen LogP contribution in [0.1, 0.15) is 6.42 Å². The Bertz CT molecular complexity index is 490. The number of aromatic hydroxyl groups is 1.